The van der Waals surface area contributed by atoms with Crippen LogP contribution in [0, 0.1) is 18.8 Å². The monoisotopic (exact) mass is 508 g/mol. The number of esters is 1. The number of hydrogen-bond donors (Lipinski definition) is 1. The molecule has 1 N–H and O–H groups in total. The minimum absolute atomic E-state index is 0.00449. The minimum Gasteiger partial charge on any atom is -0.459 e. The highest BCUT2D eigenvalue weighted by Gasteiger charge is 2.25. The number of carbonyl (C=O) groups is 2. The number of ketones is 1. The summed E-state index contributed by atoms with van der Waals surface area (Å²) in [7, 11) is 0. The molecule has 37 heavy (non-hydrogen) atoms. The van der Waals surface area contributed by atoms with E-state index in [0.717, 1.165) is 28.1 Å². The lowest BCUT2D eigenvalue weighted by molar-refractivity contribution is -0.158. The van der Waals surface area contributed by atoms with Crippen molar-refractivity contribution in [2.24, 2.45) is 16.8 Å². The lowest BCUT2D eigenvalue weighted by Crippen LogP contribution is -2.41. The van der Waals surface area contributed by atoms with Gasteiger partial charge in [0, 0.05) is 6.54 Å². The molecule has 0 bridgehead atoms. The molecule has 0 aliphatic carbocycles. The lowest BCUT2D eigenvalue weighted by atomic mass is 9.96. The summed E-state index contributed by atoms with van der Waals surface area (Å²) in [4.78, 5) is 30.2. The molecule has 0 saturated heterocycles. The van der Waals surface area contributed by atoms with Gasteiger partial charge < -0.3 is 10.1 Å². The van der Waals surface area contributed by atoms with Crippen LogP contribution < -0.4 is 5.32 Å². The molecular weight excluding hydrogens is 460 g/mol. The molecule has 1 atom stereocenters. The molecule has 0 spiro atoms. The van der Waals surface area contributed by atoms with Crippen LogP contribution in [0.25, 0.3) is 0 Å². The summed E-state index contributed by atoms with van der Waals surface area (Å²) < 4.78 is 5.65. The quantitative estimate of drug-likeness (QED) is 0.137. The summed E-state index contributed by atoms with van der Waals surface area (Å²) in [5.41, 5.74) is 5.00. The van der Waals surface area contributed by atoms with Gasteiger partial charge >= 0.3 is 5.97 Å². The van der Waals surface area contributed by atoms with E-state index in [9.17, 15) is 9.59 Å². The molecule has 1 rings (SSSR count). The third-order valence-electron chi connectivity index (χ3n) is 5.70. The van der Waals surface area contributed by atoms with Crippen LogP contribution in [0.3, 0.4) is 0 Å². The van der Waals surface area contributed by atoms with Crippen LogP contribution in [0.15, 0.2) is 58.6 Å². The smallest absolute Gasteiger partial charge is 0.323 e. The zero-order chi connectivity index (χ0) is 28.3. The van der Waals surface area contributed by atoms with Crippen molar-refractivity contribution in [2.75, 3.05) is 0 Å². The van der Waals surface area contributed by atoms with Crippen molar-refractivity contribution in [3.8, 4) is 0 Å². The number of allylic oxidation sites excluding steroid dienone is 6. The molecule has 0 heterocycles. The zero-order valence-electron chi connectivity index (χ0n) is 24.9. The van der Waals surface area contributed by atoms with Crippen molar-refractivity contribution in [3.05, 3.63) is 64.8 Å². The highest BCUT2D eigenvalue weighted by atomic mass is 16.6. The fourth-order valence-electron chi connectivity index (χ4n) is 3.78. The van der Waals surface area contributed by atoms with Crippen LogP contribution in [0.5, 0.6) is 0 Å². The highest BCUT2D eigenvalue weighted by Crippen LogP contribution is 2.25. The zero-order valence-corrected chi connectivity index (χ0v) is 24.9. The van der Waals surface area contributed by atoms with Crippen LogP contribution in [-0.4, -0.2) is 29.1 Å². The number of carbonyl (C=O) groups excluding carboxylic acids is 2. The summed E-state index contributed by atoms with van der Waals surface area (Å²) in [5, 5.41) is 3.41. The van der Waals surface area contributed by atoms with Crippen LogP contribution in [0.2, 0.25) is 0 Å². The predicted octanol–water partition coefficient (Wildman–Crippen LogP) is 7.61. The molecule has 204 valence electrons. The Hall–Kier alpha value is -2.79. The topological polar surface area (TPSA) is 67.8 Å². The number of nitrogens with zero attached hydrogens (tertiary/aromatic N) is 1. The van der Waals surface area contributed by atoms with Crippen molar-refractivity contribution in [3.63, 3.8) is 0 Å². The van der Waals surface area contributed by atoms with E-state index < -0.39 is 5.60 Å². The molecule has 1 aromatic carbocycles. The average Bonchev–Trinajstić information content (AvgIpc) is 2.78. The van der Waals surface area contributed by atoms with Gasteiger partial charge in [-0.2, -0.15) is 0 Å². The molecule has 1 unspecified atom stereocenters. The molecule has 0 amide bonds. The number of hydrogen-bond acceptors (Lipinski definition) is 5. The maximum atomic E-state index is 12.8. The number of aliphatic imine (C=N–C) groups is 1. The third kappa shape index (κ3) is 11.4. The maximum absolute atomic E-state index is 12.8. The van der Waals surface area contributed by atoms with E-state index in [1.54, 1.807) is 12.2 Å². The molecule has 0 aliphatic heterocycles. The normalized spacial score (nSPS) is 14.6. The van der Waals surface area contributed by atoms with Crippen LogP contribution in [0.1, 0.15) is 86.8 Å². The molecular formula is C32H48N2O3. The molecule has 0 saturated carbocycles. The second-order valence-corrected chi connectivity index (χ2v) is 11.3. The highest BCUT2D eigenvalue weighted by molar-refractivity contribution is 6.09. The van der Waals surface area contributed by atoms with E-state index in [1.165, 1.54) is 0 Å². The molecule has 1 aromatic rings. The fraction of sp³-hybridized carbons (Fsp3) is 0.531. The number of rotatable bonds is 12. The first-order valence-corrected chi connectivity index (χ1v) is 13.3. The van der Waals surface area contributed by atoms with Gasteiger partial charge in [-0.15, -0.1) is 0 Å². The first-order valence-electron chi connectivity index (χ1n) is 13.3. The Morgan fingerprint density at radius 2 is 1.76 bits per heavy atom. The summed E-state index contributed by atoms with van der Waals surface area (Å²) >= 11 is 0. The SMILES string of the molecule is C/C=C\C(=O)/C(C)=C\C(=C/C)C(=Nc1cc(CNC(CC(C)C)C(=O)OC(C)(C)C)ccc1C)C(C)C. The van der Waals surface area contributed by atoms with E-state index >= 15 is 0 Å². The predicted molar refractivity (Wildman–Crippen MR) is 156 cm³/mol. The van der Waals surface area contributed by atoms with Crippen LogP contribution >= 0.6 is 0 Å². The Labute approximate surface area is 225 Å². The molecule has 0 fully saturated rings. The molecule has 0 aliphatic rings. The van der Waals surface area contributed by atoms with Crippen molar-refractivity contribution < 1.29 is 14.3 Å². The number of aryl methyl sites for hydroxylation is 1. The fourth-order valence-corrected chi connectivity index (χ4v) is 3.78. The van der Waals surface area contributed by atoms with Gasteiger partial charge in [0.05, 0.1) is 11.4 Å². The Balaban J connectivity index is 3.29. The molecule has 0 aromatic heterocycles. The Morgan fingerprint density at radius 3 is 2.27 bits per heavy atom. The first kappa shape index (κ1) is 32.2. The van der Waals surface area contributed by atoms with Gasteiger partial charge in [0.1, 0.15) is 11.6 Å². The van der Waals surface area contributed by atoms with Gasteiger partial charge in [-0.25, -0.2) is 0 Å². The second kappa shape index (κ2) is 14.8. The number of benzene rings is 1. The number of ether oxygens (including phenoxy) is 1. The first-order chi connectivity index (χ1) is 17.2. The van der Waals surface area contributed by atoms with Crippen LogP contribution in [0.4, 0.5) is 5.69 Å². The van der Waals surface area contributed by atoms with Crippen molar-refractivity contribution in [1.82, 2.24) is 5.32 Å². The lowest BCUT2D eigenvalue weighted by Gasteiger charge is -2.25. The Bertz CT molecular complexity index is 1050. The number of nitrogens with one attached hydrogen (secondary N) is 1. The standard InChI is InChI=1S/C32H48N2O3/c1-12-14-29(35)24(8)18-26(13-2)30(22(5)6)34-27-19-25(16-15-23(27)7)20-33-28(17-21(3)4)31(36)37-32(9,10)11/h12-16,18-19,21-22,28,33H,17,20H2,1-11H3/b14-12-,24-18-,26-13+,34-30?. The van der Waals surface area contributed by atoms with Gasteiger partial charge in [-0.1, -0.05) is 52.0 Å². The maximum Gasteiger partial charge on any atom is 0.323 e. The van der Waals surface area contributed by atoms with E-state index in [-0.39, 0.29) is 23.7 Å². The van der Waals surface area contributed by atoms with Gasteiger partial charge in [-0.3, -0.25) is 14.6 Å². The molecule has 0 radical (unpaired) electrons. The van der Waals surface area contributed by atoms with E-state index in [4.69, 9.17) is 9.73 Å². The van der Waals surface area contributed by atoms with E-state index in [1.807, 2.05) is 60.6 Å². The van der Waals surface area contributed by atoms with Crippen molar-refractivity contribution >= 4 is 23.2 Å². The summed E-state index contributed by atoms with van der Waals surface area (Å²) in [6.45, 7) is 22.3. The van der Waals surface area contributed by atoms with E-state index in [2.05, 4.69) is 51.2 Å². The van der Waals surface area contributed by atoms with Crippen molar-refractivity contribution in [1.29, 1.82) is 0 Å². The second-order valence-electron chi connectivity index (χ2n) is 11.3. The molecule has 5 nitrogen and oxygen atoms in total. The van der Waals surface area contributed by atoms with Crippen LogP contribution in [-0.2, 0) is 20.9 Å². The van der Waals surface area contributed by atoms with Gasteiger partial charge in [0.25, 0.3) is 0 Å². The summed E-state index contributed by atoms with van der Waals surface area (Å²) in [5.74, 6) is 0.291. The molecule has 5 heteroatoms. The largest absolute Gasteiger partial charge is 0.459 e. The van der Waals surface area contributed by atoms with Crippen molar-refractivity contribution in [2.45, 2.75) is 101 Å². The summed E-state index contributed by atoms with van der Waals surface area (Å²) in [6.07, 6.45) is 7.95. The summed E-state index contributed by atoms with van der Waals surface area (Å²) in [6, 6.07) is 5.82. The minimum atomic E-state index is -0.526. The Kier molecular flexibility index (Phi) is 12.9. The third-order valence-corrected chi connectivity index (χ3v) is 5.70. The average molecular weight is 509 g/mol. The van der Waals surface area contributed by atoms with Gasteiger partial charge in [0.2, 0.25) is 0 Å². The van der Waals surface area contributed by atoms with Gasteiger partial charge in [0.15, 0.2) is 5.78 Å². The van der Waals surface area contributed by atoms with Gasteiger partial charge in [-0.05, 0) is 107 Å². The van der Waals surface area contributed by atoms with E-state index in [0.29, 0.717) is 24.5 Å². The Morgan fingerprint density at radius 1 is 1.11 bits per heavy atom.